The first-order chi connectivity index (χ1) is 13.9. The van der Waals surface area contributed by atoms with E-state index in [1.54, 1.807) is 11.3 Å². The third-order valence-electron chi connectivity index (χ3n) is 5.36. The number of amides is 2. The van der Waals surface area contributed by atoms with Crippen LogP contribution >= 0.6 is 11.3 Å². The molecule has 2 saturated heterocycles. The summed E-state index contributed by atoms with van der Waals surface area (Å²) in [7, 11) is -3.54. The number of nitrogens with zero attached hydrogens (tertiary/aromatic N) is 4. The Balaban J connectivity index is 1.32. The highest BCUT2D eigenvalue weighted by Gasteiger charge is 2.33. The lowest BCUT2D eigenvalue weighted by molar-refractivity contribution is -0.147. The van der Waals surface area contributed by atoms with E-state index in [9.17, 15) is 18.0 Å². The highest BCUT2D eigenvalue weighted by molar-refractivity contribution is 7.89. The molecule has 0 spiro atoms. The highest BCUT2D eigenvalue weighted by atomic mass is 32.2. The number of aromatic nitrogens is 2. The highest BCUT2D eigenvalue weighted by Crippen LogP contribution is 2.30. The van der Waals surface area contributed by atoms with E-state index < -0.39 is 10.0 Å². The van der Waals surface area contributed by atoms with Gasteiger partial charge in [-0.3, -0.25) is 14.5 Å². The normalized spacial score (nSPS) is 19.8. The summed E-state index contributed by atoms with van der Waals surface area (Å²) in [6.45, 7) is 0.629. The molecular weight excluding hydrogens is 416 g/mol. The van der Waals surface area contributed by atoms with Crippen molar-refractivity contribution in [3.63, 3.8) is 0 Å². The fraction of sp³-hybridized carbons (Fsp3) is 0.556. The number of sulfonamides is 1. The smallest absolute Gasteiger partial charge is 0.248 e. The van der Waals surface area contributed by atoms with Gasteiger partial charge in [-0.05, 0) is 30.7 Å². The molecule has 0 saturated carbocycles. The van der Waals surface area contributed by atoms with Crippen molar-refractivity contribution in [2.75, 3.05) is 25.4 Å². The van der Waals surface area contributed by atoms with Gasteiger partial charge >= 0.3 is 0 Å². The predicted octanol–water partition coefficient (Wildman–Crippen LogP) is 1.85. The van der Waals surface area contributed by atoms with Gasteiger partial charge in [0, 0.05) is 49.3 Å². The largest absolute Gasteiger partial charge is 0.420 e. The molecule has 156 valence electrons. The van der Waals surface area contributed by atoms with Gasteiger partial charge in [-0.1, -0.05) is 0 Å². The number of carbonyl (C=O) groups is 2. The van der Waals surface area contributed by atoms with Crippen LogP contribution in [0, 0.1) is 0 Å². The van der Waals surface area contributed by atoms with Crippen LogP contribution in [0.4, 0.5) is 0 Å². The van der Waals surface area contributed by atoms with Crippen LogP contribution in [0.15, 0.2) is 21.2 Å². The quantitative estimate of drug-likeness (QED) is 0.632. The van der Waals surface area contributed by atoms with Crippen molar-refractivity contribution in [3.8, 4) is 11.5 Å². The second kappa shape index (κ2) is 8.33. The molecular formula is C18H22N4O5S2. The maximum absolute atomic E-state index is 12.7. The van der Waals surface area contributed by atoms with Crippen LogP contribution in [-0.4, -0.2) is 65.0 Å². The van der Waals surface area contributed by atoms with Crippen LogP contribution in [0.25, 0.3) is 11.5 Å². The molecule has 0 aliphatic carbocycles. The molecule has 2 amide bonds. The Morgan fingerprint density at radius 3 is 2.52 bits per heavy atom. The van der Waals surface area contributed by atoms with Gasteiger partial charge in [-0.25, -0.2) is 12.7 Å². The van der Waals surface area contributed by atoms with Crippen molar-refractivity contribution in [2.24, 2.45) is 0 Å². The van der Waals surface area contributed by atoms with E-state index in [0.717, 1.165) is 10.5 Å². The SMILES string of the molecule is O=C1CCCC(=O)N1CCS(=O)(=O)N1CCC(c2nnc(-c3ccsc3)o2)CC1. The lowest BCUT2D eigenvalue weighted by Gasteiger charge is -2.31. The molecule has 4 heterocycles. The predicted molar refractivity (Wildman–Crippen MR) is 106 cm³/mol. The molecule has 0 N–H and O–H groups in total. The molecule has 9 nitrogen and oxygen atoms in total. The Bertz CT molecular complexity index is 962. The Morgan fingerprint density at radius 1 is 1.14 bits per heavy atom. The van der Waals surface area contributed by atoms with E-state index >= 15 is 0 Å². The summed E-state index contributed by atoms with van der Waals surface area (Å²) in [5, 5.41) is 12.1. The average Bonchev–Trinajstić information content (AvgIpc) is 3.39. The van der Waals surface area contributed by atoms with Gasteiger partial charge in [0.05, 0.1) is 5.75 Å². The Hall–Kier alpha value is -2.11. The number of carbonyl (C=O) groups excluding carboxylic acids is 2. The zero-order chi connectivity index (χ0) is 20.4. The standard InChI is InChI=1S/C18H22N4O5S2/c23-15-2-1-3-16(24)22(15)9-11-29(25,26)21-7-4-13(5-8-21)17-19-20-18(27-17)14-6-10-28-12-14/h6,10,12-13H,1-5,7-9,11H2. The summed E-state index contributed by atoms with van der Waals surface area (Å²) in [4.78, 5) is 24.8. The molecule has 2 fully saturated rings. The Kier molecular flexibility index (Phi) is 5.79. The zero-order valence-electron chi connectivity index (χ0n) is 15.8. The minimum atomic E-state index is -3.54. The lowest BCUT2D eigenvalue weighted by atomic mass is 9.98. The van der Waals surface area contributed by atoms with Crippen molar-refractivity contribution < 1.29 is 22.4 Å². The fourth-order valence-electron chi connectivity index (χ4n) is 3.67. The molecule has 0 atom stereocenters. The van der Waals surface area contributed by atoms with Gasteiger partial charge < -0.3 is 4.42 Å². The summed E-state index contributed by atoms with van der Waals surface area (Å²) in [6, 6.07) is 1.91. The van der Waals surface area contributed by atoms with E-state index in [4.69, 9.17) is 4.42 Å². The van der Waals surface area contributed by atoms with Crippen LogP contribution in [0.3, 0.4) is 0 Å². The Labute approximate surface area is 172 Å². The molecule has 0 aromatic carbocycles. The molecule has 2 aliphatic rings. The first-order valence-corrected chi connectivity index (χ1v) is 12.2. The number of rotatable bonds is 6. The summed E-state index contributed by atoms with van der Waals surface area (Å²) in [5.74, 6) is 0.227. The average molecular weight is 439 g/mol. The van der Waals surface area contributed by atoms with E-state index in [2.05, 4.69) is 10.2 Å². The van der Waals surface area contributed by atoms with Crippen molar-refractivity contribution in [2.45, 2.75) is 38.0 Å². The van der Waals surface area contributed by atoms with Crippen molar-refractivity contribution in [1.29, 1.82) is 0 Å². The third kappa shape index (κ3) is 4.41. The molecule has 29 heavy (non-hydrogen) atoms. The molecule has 0 radical (unpaired) electrons. The van der Waals surface area contributed by atoms with Gasteiger partial charge in [0.15, 0.2) is 0 Å². The van der Waals surface area contributed by atoms with Gasteiger partial charge in [-0.2, -0.15) is 11.3 Å². The maximum atomic E-state index is 12.7. The number of likely N-dealkylation sites (tertiary alicyclic amines) is 1. The van der Waals surface area contributed by atoms with Gasteiger partial charge in [0.25, 0.3) is 0 Å². The summed E-state index contributed by atoms with van der Waals surface area (Å²) in [6.07, 6.45) is 2.32. The van der Waals surface area contributed by atoms with Gasteiger partial charge in [-0.15, -0.1) is 10.2 Å². The molecule has 2 aliphatic heterocycles. The van der Waals surface area contributed by atoms with Gasteiger partial charge in [0.1, 0.15) is 0 Å². The van der Waals surface area contributed by atoms with E-state index in [-0.39, 0.29) is 30.0 Å². The molecule has 11 heteroatoms. The lowest BCUT2D eigenvalue weighted by Crippen LogP contribution is -2.46. The van der Waals surface area contributed by atoms with Crippen LogP contribution in [-0.2, 0) is 19.6 Å². The molecule has 0 bridgehead atoms. The second-order valence-electron chi connectivity index (χ2n) is 7.24. The van der Waals surface area contributed by atoms with E-state index in [0.29, 0.717) is 57.0 Å². The number of piperidine rings is 2. The topological polar surface area (TPSA) is 114 Å². The van der Waals surface area contributed by atoms with Crippen LogP contribution < -0.4 is 0 Å². The minimum absolute atomic E-state index is 0.0200. The number of thiophene rings is 1. The third-order valence-corrected chi connectivity index (χ3v) is 7.90. The summed E-state index contributed by atoms with van der Waals surface area (Å²) < 4.78 is 32.5. The molecule has 2 aromatic rings. The second-order valence-corrected chi connectivity index (χ2v) is 10.1. The number of imide groups is 1. The first kappa shape index (κ1) is 20.2. The van der Waals surface area contributed by atoms with Crippen molar-refractivity contribution >= 4 is 33.2 Å². The molecule has 2 aromatic heterocycles. The van der Waals surface area contributed by atoms with Crippen LogP contribution in [0.1, 0.15) is 43.9 Å². The summed E-state index contributed by atoms with van der Waals surface area (Å²) >= 11 is 1.55. The van der Waals surface area contributed by atoms with Crippen LogP contribution in [0.2, 0.25) is 0 Å². The number of hydrogen-bond acceptors (Lipinski definition) is 8. The maximum Gasteiger partial charge on any atom is 0.248 e. The monoisotopic (exact) mass is 438 g/mol. The number of hydrogen-bond donors (Lipinski definition) is 0. The summed E-state index contributed by atoms with van der Waals surface area (Å²) in [5.41, 5.74) is 0.885. The fourth-order valence-corrected chi connectivity index (χ4v) is 5.74. The zero-order valence-corrected chi connectivity index (χ0v) is 17.5. The first-order valence-electron chi connectivity index (χ1n) is 9.61. The van der Waals surface area contributed by atoms with Crippen molar-refractivity contribution in [3.05, 3.63) is 22.7 Å². The minimum Gasteiger partial charge on any atom is -0.420 e. The van der Waals surface area contributed by atoms with Crippen LogP contribution in [0.5, 0.6) is 0 Å². The van der Waals surface area contributed by atoms with E-state index in [1.807, 2.05) is 16.8 Å². The molecule has 4 rings (SSSR count). The Morgan fingerprint density at radius 2 is 1.86 bits per heavy atom. The van der Waals surface area contributed by atoms with Gasteiger partial charge in [0.2, 0.25) is 33.6 Å². The molecule has 0 unspecified atom stereocenters. The van der Waals surface area contributed by atoms with Crippen molar-refractivity contribution in [1.82, 2.24) is 19.4 Å². The van der Waals surface area contributed by atoms with E-state index in [1.165, 1.54) is 4.31 Å².